The van der Waals surface area contributed by atoms with Gasteiger partial charge in [-0.1, -0.05) is 6.92 Å². The Hall–Kier alpha value is -0.0161. The maximum Gasteiger partial charge on any atom is 0.342 e. The molecule has 4 heteroatoms. The van der Waals surface area contributed by atoms with Gasteiger partial charge in [0.25, 0.3) is 0 Å². The third-order valence-electron chi connectivity index (χ3n) is 1.03. The first-order valence-corrected chi connectivity index (χ1v) is 2.62. The van der Waals surface area contributed by atoms with Gasteiger partial charge in [0.05, 0.1) is 0 Å². The Labute approximate surface area is 84.4 Å². The van der Waals surface area contributed by atoms with E-state index in [1.54, 1.807) is 20.2 Å². The molecule has 0 spiro atoms. The summed E-state index contributed by atoms with van der Waals surface area (Å²) >= 11 is 0. The van der Waals surface area contributed by atoms with Crippen LogP contribution in [0.25, 0.3) is 0 Å². The molecule has 0 bridgehead atoms. The van der Waals surface area contributed by atoms with Crippen LogP contribution in [0.5, 0.6) is 0 Å². The standard InChI is InChI=1S/C6H7N2O.Y/c1-5-3-4-8(2)6(9)7-5;/h4H,1-2H3;/q-1;. The Balaban J connectivity index is 0.000000810. The van der Waals surface area contributed by atoms with Crippen LogP contribution in [0.15, 0.2) is 11.0 Å². The van der Waals surface area contributed by atoms with Crippen LogP contribution >= 0.6 is 0 Å². The van der Waals surface area contributed by atoms with Crippen LogP contribution in [0, 0.1) is 13.0 Å². The molecule has 0 aliphatic heterocycles. The first-order chi connectivity index (χ1) is 4.20. The van der Waals surface area contributed by atoms with Crippen LogP contribution in [-0.4, -0.2) is 9.55 Å². The Morgan fingerprint density at radius 2 is 2.30 bits per heavy atom. The zero-order chi connectivity index (χ0) is 6.85. The molecular formula is C6H7N2OY-. The smallest absolute Gasteiger partial charge is 0.342 e. The average Bonchev–Trinajstić information content (AvgIpc) is 1.80. The minimum atomic E-state index is -0.230. The van der Waals surface area contributed by atoms with Crippen molar-refractivity contribution in [1.29, 1.82) is 0 Å². The van der Waals surface area contributed by atoms with Crippen molar-refractivity contribution in [3.05, 3.63) is 28.4 Å². The van der Waals surface area contributed by atoms with Crippen LogP contribution < -0.4 is 5.69 Å². The molecule has 1 heterocycles. The second kappa shape index (κ2) is 3.99. The van der Waals surface area contributed by atoms with Gasteiger partial charge in [-0.3, -0.25) is 0 Å². The van der Waals surface area contributed by atoms with Crippen LogP contribution in [-0.2, 0) is 39.8 Å². The molecule has 0 saturated carbocycles. The summed E-state index contributed by atoms with van der Waals surface area (Å²) in [5, 5.41) is 0. The van der Waals surface area contributed by atoms with Crippen molar-refractivity contribution in [1.82, 2.24) is 9.55 Å². The van der Waals surface area contributed by atoms with Crippen LogP contribution in [0.4, 0.5) is 0 Å². The largest absolute Gasteiger partial charge is 0.432 e. The number of rotatable bonds is 0. The third-order valence-corrected chi connectivity index (χ3v) is 1.03. The third kappa shape index (κ3) is 2.31. The number of hydrogen-bond donors (Lipinski definition) is 0. The number of nitrogens with zero attached hydrogens (tertiary/aromatic N) is 2. The van der Waals surface area contributed by atoms with E-state index < -0.39 is 0 Å². The quantitative estimate of drug-likeness (QED) is 0.562. The maximum atomic E-state index is 10.7. The van der Waals surface area contributed by atoms with Gasteiger partial charge in [0, 0.05) is 39.8 Å². The second-order valence-electron chi connectivity index (χ2n) is 1.86. The average molecular weight is 212 g/mol. The van der Waals surface area contributed by atoms with Gasteiger partial charge in [-0.05, 0) is 0 Å². The van der Waals surface area contributed by atoms with Crippen molar-refractivity contribution in [2.75, 3.05) is 0 Å². The Kier molecular flexibility index (Phi) is 3.98. The zero-order valence-corrected chi connectivity index (χ0v) is 8.80. The molecule has 0 aliphatic carbocycles. The van der Waals surface area contributed by atoms with Gasteiger partial charge in [-0.25, -0.2) is 9.78 Å². The zero-order valence-electron chi connectivity index (χ0n) is 5.96. The van der Waals surface area contributed by atoms with Gasteiger partial charge >= 0.3 is 5.69 Å². The molecule has 10 heavy (non-hydrogen) atoms. The summed E-state index contributed by atoms with van der Waals surface area (Å²) in [5.74, 6) is 0. The Morgan fingerprint density at radius 3 is 2.70 bits per heavy atom. The summed E-state index contributed by atoms with van der Waals surface area (Å²) in [4.78, 5) is 14.3. The molecule has 0 fully saturated rings. The van der Waals surface area contributed by atoms with Crippen molar-refractivity contribution >= 4 is 0 Å². The Morgan fingerprint density at radius 1 is 1.70 bits per heavy atom. The fraction of sp³-hybridized carbons (Fsp3) is 0.333. The van der Waals surface area contributed by atoms with E-state index in [-0.39, 0.29) is 38.4 Å². The number of aryl methyl sites for hydroxylation is 2. The summed E-state index contributed by atoms with van der Waals surface area (Å²) in [7, 11) is 1.64. The van der Waals surface area contributed by atoms with Crippen molar-refractivity contribution in [3.63, 3.8) is 0 Å². The van der Waals surface area contributed by atoms with E-state index in [9.17, 15) is 4.79 Å². The van der Waals surface area contributed by atoms with Crippen molar-refractivity contribution in [2.45, 2.75) is 6.92 Å². The summed E-state index contributed by atoms with van der Waals surface area (Å²) in [6.07, 6.45) is 1.57. The SMILES string of the molecule is Cc1[c-]cn(C)c(=O)n1.[Y]. The van der Waals surface area contributed by atoms with Gasteiger partial charge < -0.3 is 10.6 Å². The molecule has 1 aromatic rings. The topological polar surface area (TPSA) is 34.9 Å². The van der Waals surface area contributed by atoms with E-state index in [1.807, 2.05) is 0 Å². The summed E-state index contributed by atoms with van der Waals surface area (Å²) < 4.78 is 1.38. The first-order valence-electron chi connectivity index (χ1n) is 2.62. The van der Waals surface area contributed by atoms with E-state index >= 15 is 0 Å². The van der Waals surface area contributed by atoms with Crippen molar-refractivity contribution < 1.29 is 32.7 Å². The second-order valence-corrected chi connectivity index (χ2v) is 1.86. The number of aromatic nitrogens is 2. The van der Waals surface area contributed by atoms with Gasteiger partial charge in [-0.15, -0.1) is 5.69 Å². The maximum absolute atomic E-state index is 10.7. The summed E-state index contributed by atoms with van der Waals surface area (Å²) in [5.41, 5.74) is 0.407. The molecule has 0 atom stereocenters. The molecule has 1 rings (SSSR count). The molecule has 1 radical (unpaired) electrons. The van der Waals surface area contributed by atoms with Gasteiger partial charge in [-0.2, -0.15) is 6.20 Å². The minimum Gasteiger partial charge on any atom is -0.432 e. The van der Waals surface area contributed by atoms with E-state index in [4.69, 9.17) is 0 Å². The molecule has 1 aromatic heterocycles. The van der Waals surface area contributed by atoms with Crippen LogP contribution in [0.1, 0.15) is 5.69 Å². The fourth-order valence-electron chi connectivity index (χ4n) is 0.500. The molecule has 0 N–H and O–H groups in total. The van der Waals surface area contributed by atoms with E-state index in [0.29, 0.717) is 5.69 Å². The fourth-order valence-corrected chi connectivity index (χ4v) is 0.500. The molecule has 51 valence electrons. The molecule has 0 aliphatic rings. The molecular weight excluding hydrogens is 205 g/mol. The predicted molar refractivity (Wildman–Crippen MR) is 33.1 cm³/mol. The van der Waals surface area contributed by atoms with Gasteiger partial charge in [0.2, 0.25) is 0 Å². The molecule has 0 amide bonds. The van der Waals surface area contributed by atoms with E-state index in [0.717, 1.165) is 0 Å². The summed E-state index contributed by atoms with van der Waals surface area (Å²) in [6.45, 7) is 1.74. The minimum absolute atomic E-state index is 0. The first kappa shape index (κ1) is 9.98. The molecule has 0 aromatic carbocycles. The van der Waals surface area contributed by atoms with Gasteiger partial charge in [0.15, 0.2) is 0 Å². The predicted octanol–water partition coefficient (Wildman–Crippen LogP) is -0.114. The van der Waals surface area contributed by atoms with Crippen molar-refractivity contribution in [2.24, 2.45) is 7.05 Å². The van der Waals surface area contributed by atoms with Crippen molar-refractivity contribution in [3.8, 4) is 0 Å². The van der Waals surface area contributed by atoms with E-state index in [1.165, 1.54) is 4.57 Å². The van der Waals surface area contributed by atoms with Gasteiger partial charge in [0.1, 0.15) is 0 Å². The number of hydrogen-bond acceptors (Lipinski definition) is 2. The Bertz CT molecular complexity index is 269. The molecule has 0 unspecified atom stereocenters. The molecule has 0 saturated heterocycles. The summed E-state index contributed by atoms with van der Waals surface area (Å²) in [6, 6.07) is 2.79. The monoisotopic (exact) mass is 212 g/mol. The van der Waals surface area contributed by atoms with Crippen LogP contribution in [0.3, 0.4) is 0 Å². The van der Waals surface area contributed by atoms with E-state index in [2.05, 4.69) is 11.1 Å². The molecule has 3 nitrogen and oxygen atoms in total. The normalized spacial score (nSPS) is 8.60. The van der Waals surface area contributed by atoms with Crippen LogP contribution in [0.2, 0.25) is 0 Å².